The summed E-state index contributed by atoms with van der Waals surface area (Å²) in [6.45, 7) is 6.27. The predicted molar refractivity (Wildman–Crippen MR) is 78.2 cm³/mol. The van der Waals surface area contributed by atoms with Crippen molar-refractivity contribution in [2.45, 2.75) is 38.9 Å². The lowest BCUT2D eigenvalue weighted by molar-refractivity contribution is 0.129. The standard InChI is InChI=1S/C15H27N3O/c1-12-13(8-15(19-12)9-16-2)10-18(4)14-6-5-7-17(3)11-14/h8,14,16H,5-7,9-11H2,1-4H3. The molecule has 1 fully saturated rings. The number of likely N-dealkylation sites (tertiary alicyclic amines) is 1. The molecule has 1 N–H and O–H groups in total. The highest BCUT2D eigenvalue weighted by Crippen LogP contribution is 2.20. The van der Waals surface area contributed by atoms with Gasteiger partial charge in [-0.25, -0.2) is 0 Å². The van der Waals surface area contributed by atoms with Gasteiger partial charge < -0.3 is 14.6 Å². The number of nitrogens with one attached hydrogen (secondary N) is 1. The van der Waals surface area contributed by atoms with E-state index in [0.717, 1.165) is 24.6 Å². The number of likely N-dealkylation sites (N-methyl/N-ethyl adjacent to an activating group) is 2. The van der Waals surface area contributed by atoms with Gasteiger partial charge in [-0.2, -0.15) is 0 Å². The van der Waals surface area contributed by atoms with Crippen molar-refractivity contribution in [2.75, 3.05) is 34.2 Å². The fourth-order valence-corrected chi connectivity index (χ4v) is 2.90. The van der Waals surface area contributed by atoms with Gasteiger partial charge in [-0.3, -0.25) is 4.90 Å². The smallest absolute Gasteiger partial charge is 0.118 e. The van der Waals surface area contributed by atoms with Crippen LogP contribution in [0.5, 0.6) is 0 Å². The summed E-state index contributed by atoms with van der Waals surface area (Å²) in [5, 5.41) is 3.13. The second-order valence-electron chi connectivity index (χ2n) is 5.80. The summed E-state index contributed by atoms with van der Waals surface area (Å²) in [4.78, 5) is 4.90. The summed E-state index contributed by atoms with van der Waals surface area (Å²) in [6, 6.07) is 2.86. The molecule has 0 saturated carbocycles. The fraction of sp³-hybridized carbons (Fsp3) is 0.733. The second kappa shape index (κ2) is 6.55. The number of aryl methyl sites for hydroxylation is 1. The first-order chi connectivity index (χ1) is 9.10. The molecule has 1 unspecified atom stereocenters. The van der Waals surface area contributed by atoms with Gasteiger partial charge >= 0.3 is 0 Å². The minimum absolute atomic E-state index is 0.667. The molecule has 1 aliphatic rings. The van der Waals surface area contributed by atoms with Crippen molar-refractivity contribution in [3.8, 4) is 0 Å². The maximum Gasteiger partial charge on any atom is 0.118 e. The number of piperidine rings is 1. The van der Waals surface area contributed by atoms with Crippen LogP contribution in [0, 0.1) is 6.92 Å². The Labute approximate surface area is 116 Å². The third-order valence-electron chi connectivity index (χ3n) is 4.07. The molecule has 1 aromatic rings. The Morgan fingerprint density at radius 1 is 1.53 bits per heavy atom. The van der Waals surface area contributed by atoms with Crippen LogP contribution in [0.15, 0.2) is 10.5 Å². The number of hydrogen-bond donors (Lipinski definition) is 1. The molecule has 0 aliphatic carbocycles. The zero-order valence-electron chi connectivity index (χ0n) is 12.7. The van der Waals surface area contributed by atoms with Crippen LogP contribution < -0.4 is 5.32 Å². The van der Waals surface area contributed by atoms with Gasteiger partial charge in [-0.1, -0.05) is 0 Å². The van der Waals surface area contributed by atoms with Gasteiger partial charge in [0.2, 0.25) is 0 Å². The van der Waals surface area contributed by atoms with Gasteiger partial charge in [-0.15, -0.1) is 0 Å². The largest absolute Gasteiger partial charge is 0.465 e. The quantitative estimate of drug-likeness (QED) is 0.880. The normalized spacial score (nSPS) is 21.2. The van der Waals surface area contributed by atoms with Crippen LogP contribution in [0.25, 0.3) is 0 Å². The van der Waals surface area contributed by atoms with Crippen molar-refractivity contribution < 1.29 is 4.42 Å². The van der Waals surface area contributed by atoms with Crippen molar-refractivity contribution in [1.82, 2.24) is 15.1 Å². The van der Waals surface area contributed by atoms with Crippen molar-refractivity contribution in [3.05, 3.63) is 23.2 Å². The first-order valence-electron chi connectivity index (χ1n) is 7.21. The minimum Gasteiger partial charge on any atom is -0.465 e. The number of hydrogen-bond acceptors (Lipinski definition) is 4. The average Bonchev–Trinajstić information content (AvgIpc) is 2.70. The van der Waals surface area contributed by atoms with Gasteiger partial charge in [0.05, 0.1) is 6.54 Å². The average molecular weight is 265 g/mol. The summed E-state index contributed by atoms with van der Waals surface area (Å²) in [5.74, 6) is 2.09. The topological polar surface area (TPSA) is 31.6 Å². The van der Waals surface area contributed by atoms with Crippen LogP contribution >= 0.6 is 0 Å². The molecule has 0 radical (unpaired) electrons. The van der Waals surface area contributed by atoms with Crippen LogP contribution in [-0.2, 0) is 13.1 Å². The van der Waals surface area contributed by atoms with E-state index in [-0.39, 0.29) is 0 Å². The molecule has 19 heavy (non-hydrogen) atoms. The van der Waals surface area contributed by atoms with E-state index in [0.29, 0.717) is 6.04 Å². The minimum atomic E-state index is 0.667. The molecule has 4 nitrogen and oxygen atoms in total. The highest BCUT2D eigenvalue weighted by molar-refractivity contribution is 5.20. The Kier molecular flexibility index (Phi) is 5.02. The van der Waals surface area contributed by atoms with E-state index in [1.165, 1.54) is 31.5 Å². The Morgan fingerprint density at radius 3 is 3.00 bits per heavy atom. The first-order valence-corrected chi connectivity index (χ1v) is 7.21. The number of furan rings is 1. The van der Waals surface area contributed by atoms with Crippen LogP contribution in [0.1, 0.15) is 29.9 Å². The van der Waals surface area contributed by atoms with Crippen molar-refractivity contribution in [1.29, 1.82) is 0 Å². The molecule has 1 aromatic heterocycles. The fourth-order valence-electron chi connectivity index (χ4n) is 2.90. The SMILES string of the molecule is CNCc1cc(CN(C)C2CCCN(C)C2)c(C)o1. The highest BCUT2D eigenvalue weighted by Gasteiger charge is 2.22. The molecule has 2 rings (SSSR count). The zero-order valence-corrected chi connectivity index (χ0v) is 12.7. The molecule has 2 heterocycles. The maximum atomic E-state index is 5.76. The summed E-state index contributed by atoms with van der Waals surface area (Å²) in [5.41, 5.74) is 1.32. The summed E-state index contributed by atoms with van der Waals surface area (Å²) in [6.07, 6.45) is 2.61. The molecule has 0 aromatic carbocycles. The predicted octanol–water partition coefficient (Wildman–Crippen LogP) is 1.83. The molecule has 4 heteroatoms. The molecule has 1 aliphatic heterocycles. The van der Waals surface area contributed by atoms with Crippen LogP contribution in [-0.4, -0.2) is 50.1 Å². The molecule has 108 valence electrons. The van der Waals surface area contributed by atoms with Gasteiger partial charge in [0.25, 0.3) is 0 Å². The van der Waals surface area contributed by atoms with Gasteiger partial charge in [-0.05, 0) is 53.5 Å². The number of rotatable bonds is 5. The summed E-state index contributed by atoms with van der Waals surface area (Å²) in [7, 11) is 6.39. The third kappa shape index (κ3) is 3.81. The van der Waals surface area contributed by atoms with Crippen LogP contribution in [0.3, 0.4) is 0 Å². The number of nitrogens with zero attached hydrogens (tertiary/aromatic N) is 2. The summed E-state index contributed by atoms with van der Waals surface area (Å²) >= 11 is 0. The lowest BCUT2D eigenvalue weighted by Crippen LogP contribution is -2.44. The molecule has 0 spiro atoms. The van der Waals surface area contributed by atoms with E-state index in [9.17, 15) is 0 Å². The second-order valence-corrected chi connectivity index (χ2v) is 5.80. The Balaban J connectivity index is 1.95. The van der Waals surface area contributed by atoms with E-state index < -0.39 is 0 Å². The van der Waals surface area contributed by atoms with Gasteiger partial charge in [0.15, 0.2) is 0 Å². The molecule has 1 atom stereocenters. The van der Waals surface area contributed by atoms with E-state index in [4.69, 9.17) is 4.42 Å². The van der Waals surface area contributed by atoms with E-state index in [1.807, 2.05) is 7.05 Å². The zero-order chi connectivity index (χ0) is 13.8. The van der Waals surface area contributed by atoms with Crippen molar-refractivity contribution >= 4 is 0 Å². The van der Waals surface area contributed by atoms with Crippen LogP contribution in [0.4, 0.5) is 0 Å². The third-order valence-corrected chi connectivity index (χ3v) is 4.07. The highest BCUT2D eigenvalue weighted by atomic mass is 16.3. The van der Waals surface area contributed by atoms with E-state index in [2.05, 4.69) is 42.2 Å². The molecule has 0 bridgehead atoms. The van der Waals surface area contributed by atoms with Gasteiger partial charge in [0, 0.05) is 24.7 Å². The molecule has 0 amide bonds. The van der Waals surface area contributed by atoms with E-state index >= 15 is 0 Å². The molecular formula is C15H27N3O. The van der Waals surface area contributed by atoms with Crippen LogP contribution in [0.2, 0.25) is 0 Å². The van der Waals surface area contributed by atoms with E-state index in [1.54, 1.807) is 0 Å². The van der Waals surface area contributed by atoms with Gasteiger partial charge in [0.1, 0.15) is 11.5 Å². The van der Waals surface area contributed by atoms with Crippen molar-refractivity contribution in [2.24, 2.45) is 0 Å². The maximum absolute atomic E-state index is 5.76. The summed E-state index contributed by atoms with van der Waals surface area (Å²) < 4.78 is 5.76. The lowest BCUT2D eigenvalue weighted by atomic mass is 10.0. The van der Waals surface area contributed by atoms with Crippen molar-refractivity contribution in [3.63, 3.8) is 0 Å². The Hall–Kier alpha value is -0.840. The Bertz CT molecular complexity index is 402. The first kappa shape index (κ1) is 14.6. The molecular weight excluding hydrogens is 238 g/mol. The lowest BCUT2D eigenvalue weighted by Gasteiger charge is -2.35. The Morgan fingerprint density at radius 2 is 2.32 bits per heavy atom. The monoisotopic (exact) mass is 265 g/mol. The molecule has 1 saturated heterocycles.